The minimum absolute atomic E-state index is 0.0236. The first-order valence-corrected chi connectivity index (χ1v) is 22.0. The van der Waals surface area contributed by atoms with Gasteiger partial charge in [0.15, 0.2) is 0 Å². The Morgan fingerprint density at radius 3 is 0.557 bits per heavy atom. The van der Waals surface area contributed by atoms with Crippen LogP contribution in [-0.2, 0) is 71.1 Å². The second-order valence-electron chi connectivity index (χ2n) is 11.6. The molecule has 16 heteroatoms. The minimum Gasteiger partial charge on any atom is -0.394 e. The third-order valence-corrected chi connectivity index (χ3v) is 7.16. The predicted octanol–water partition coefficient (Wildman–Crippen LogP) is 4.75. The van der Waals surface area contributed by atoms with Crippen LogP contribution >= 0.6 is 0 Å². The maximum Gasteiger partial charge on any atom is 0.0701 e. The minimum atomic E-state index is 0.0236. The van der Waals surface area contributed by atoms with Crippen molar-refractivity contribution in [2.45, 2.75) is 27.7 Å². The third kappa shape index (κ3) is 50.6. The van der Waals surface area contributed by atoms with Gasteiger partial charge < -0.3 is 76.2 Å². The summed E-state index contributed by atoms with van der Waals surface area (Å²) >= 11 is 0. The van der Waals surface area contributed by atoms with Crippen LogP contribution < -0.4 is 0 Å². The van der Waals surface area contributed by atoms with Crippen molar-refractivity contribution in [1.29, 1.82) is 0 Å². The third-order valence-electron chi connectivity index (χ3n) is 7.16. The lowest BCUT2D eigenvalue weighted by Gasteiger charge is -2.09. The van der Waals surface area contributed by atoms with Gasteiger partial charge in [-0.2, -0.15) is 0 Å². The lowest BCUT2D eigenvalue weighted by atomic mass is 10.1. The Balaban J connectivity index is 0. The molecule has 2 rings (SSSR count). The van der Waals surface area contributed by atoms with Crippen LogP contribution in [0.15, 0.2) is 48.5 Å². The summed E-state index contributed by atoms with van der Waals surface area (Å²) in [7, 11) is 1.64. The van der Waals surface area contributed by atoms with E-state index in [9.17, 15) is 0 Å². The summed E-state index contributed by atoms with van der Waals surface area (Å²) in [6.07, 6.45) is 0. The molecule has 0 saturated carbocycles. The highest BCUT2D eigenvalue weighted by atomic mass is 16.6. The van der Waals surface area contributed by atoms with Crippen molar-refractivity contribution in [1.82, 2.24) is 0 Å². The molecule has 0 radical (unpaired) electrons. The van der Waals surface area contributed by atoms with Crippen molar-refractivity contribution >= 4 is 10.8 Å². The Hall–Kier alpha value is -1.94. The summed E-state index contributed by atoms with van der Waals surface area (Å²) in [5, 5.41) is 11.2. The van der Waals surface area contributed by atoms with Crippen molar-refractivity contribution in [3.05, 3.63) is 48.5 Å². The van der Waals surface area contributed by atoms with E-state index in [4.69, 9.17) is 76.2 Å². The molecule has 0 bridgehead atoms. The lowest BCUT2D eigenvalue weighted by molar-refractivity contribution is -0.0300. The highest BCUT2D eigenvalue weighted by Gasteiger charge is 1.97. The molecular formula is C45H84O16. The molecule has 0 spiro atoms. The van der Waals surface area contributed by atoms with Crippen molar-refractivity contribution in [3.8, 4) is 0 Å². The SMILES string of the molecule is CC.CC.COCCOCCOCCOCCOCCOCCOCCOCCOCCOCCOCCOCCOCCOCCOCCO.c1ccc2ccccc2c1. The summed E-state index contributed by atoms with van der Waals surface area (Å²) in [6, 6.07) is 16.7. The van der Waals surface area contributed by atoms with Gasteiger partial charge in [0, 0.05) is 7.11 Å². The standard InChI is InChI=1S/C31H64O16.C10H8.2C2H6/c1-33-4-5-35-8-9-37-12-13-39-16-17-41-20-21-43-24-25-45-28-29-47-31-30-46-27-26-44-23-22-42-19-18-40-15-14-38-11-10-36-7-6-34-3-2-32;1-2-6-10-8-4-3-7-9(10)5-1;2*1-2/h32H,2-31H2,1H3;1-8H;2*1-2H3. The van der Waals surface area contributed by atoms with Crippen molar-refractivity contribution < 1.29 is 76.2 Å². The Kier molecular flexibility index (Phi) is 58.2. The maximum atomic E-state index is 8.58. The number of aliphatic hydroxyl groups is 1. The van der Waals surface area contributed by atoms with Gasteiger partial charge in [-0.25, -0.2) is 0 Å². The molecule has 0 saturated heterocycles. The Bertz CT molecular complexity index is 932. The lowest BCUT2D eigenvalue weighted by Crippen LogP contribution is -2.15. The smallest absolute Gasteiger partial charge is 0.0701 e. The number of hydrogen-bond donors (Lipinski definition) is 1. The number of fused-ring (bicyclic) bond motifs is 1. The number of rotatable bonds is 44. The number of hydrogen-bond acceptors (Lipinski definition) is 16. The second kappa shape index (κ2) is 58.1. The quantitative estimate of drug-likeness (QED) is 0.0909. The molecule has 1 N–H and O–H groups in total. The summed E-state index contributed by atoms with van der Waals surface area (Å²) in [4.78, 5) is 0. The monoisotopic (exact) mass is 881 g/mol. The van der Waals surface area contributed by atoms with Gasteiger partial charge in [-0.15, -0.1) is 0 Å². The van der Waals surface area contributed by atoms with E-state index in [2.05, 4.69) is 48.5 Å². The molecule has 0 unspecified atom stereocenters. The van der Waals surface area contributed by atoms with Gasteiger partial charge in [-0.05, 0) is 10.8 Å². The number of ether oxygens (including phenoxy) is 15. The number of methoxy groups -OCH3 is 1. The average molecular weight is 881 g/mol. The fourth-order valence-corrected chi connectivity index (χ4v) is 4.30. The fourth-order valence-electron chi connectivity index (χ4n) is 4.30. The molecule has 61 heavy (non-hydrogen) atoms. The Labute approximate surface area is 367 Å². The van der Waals surface area contributed by atoms with Crippen LogP contribution in [0.1, 0.15) is 27.7 Å². The summed E-state index contributed by atoms with van der Waals surface area (Å²) in [5.41, 5.74) is 0. The van der Waals surface area contributed by atoms with E-state index >= 15 is 0 Å². The van der Waals surface area contributed by atoms with Crippen LogP contribution in [0.25, 0.3) is 10.8 Å². The van der Waals surface area contributed by atoms with E-state index in [0.717, 1.165) is 0 Å². The molecule has 2 aromatic rings. The molecule has 0 amide bonds. The molecule has 16 nitrogen and oxygen atoms in total. The Morgan fingerprint density at radius 1 is 0.262 bits per heavy atom. The molecule has 0 aliphatic carbocycles. The van der Waals surface area contributed by atoms with Gasteiger partial charge >= 0.3 is 0 Å². The molecular weight excluding hydrogens is 796 g/mol. The van der Waals surface area contributed by atoms with Gasteiger partial charge in [0.1, 0.15) is 0 Å². The first kappa shape index (κ1) is 61.1. The van der Waals surface area contributed by atoms with Crippen molar-refractivity contribution in [2.24, 2.45) is 0 Å². The van der Waals surface area contributed by atoms with Crippen LogP contribution in [0.3, 0.4) is 0 Å². The van der Waals surface area contributed by atoms with Gasteiger partial charge in [-0.1, -0.05) is 76.2 Å². The zero-order chi connectivity index (χ0) is 44.6. The first-order valence-electron chi connectivity index (χ1n) is 22.0. The summed E-state index contributed by atoms with van der Waals surface area (Å²) < 4.78 is 80.5. The molecule has 0 aromatic heterocycles. The Morgan fingerprint density at radius 2 is 0.410 bits per heavy atom. The summed E-state index contributed by atoms with van der Waals surface area (Å²) in [5.74, 6) is 0. The highest BCUT2D eigenvalue weighted by molar-refractivity contribution is 5.82. The molecule has 0 atom stereocenters. The first-order chi connectivity index (χ1) is 30.4. The van der Waals surface area contributed by atoms with Crippen LogP contribution in [0, 0.1) is 0 Å². The normalized spacial score (nSPS) is 10.8. The molecule has 0 fully saturated rings. The highest BCUT2D eigenvalue weighted by Crippen LogP contribution is 2.11. The number of aliphatic hydroxyl groups excluding tert-OH is 1. The second-order valence-corrected chi connectivity index (χ2v) is 11.6. The summed E-state index contributed by atoms with van der Waals surface area (Å²) in [6.45, 7) is 22.7. The molecule has 0 aliphatic rings. The van der Waals surface area contributed by atoms with E-state index in [0.29, 0.717) is 192 Å². The topological polar surface area (TPSA) is 159 Å². The largest absolute Gasteiger partial charge is 0.394 e. The van der Waals surface area contributed by atoms with Crippen molar-refractivity contribution in [2.75, 3.05) is 205 Å². The van der Waals surface area contributed by atoms with E-state index in [-0.39, 0.29) is 6.61 Å². The number of benzene rings is 2. The van der Waals surface area contributed by atoms with E-state index in [1.165, 1.54) is 10.8 Å². The molecule has 0 aliphatic heterocycles. The van der Waals surface area contributed by atoms with Crippen LogP contribution in [0.2, 0.25) is 0 Å². The van der Waals surface area contributed by atoms with Crippen LogP contribution in [0.5, 0.6) is 0 Å². The van der Waals surface area contributed by atoms with Gasteiger partial charge in [-0.3, -0.25) is 0 Å². The predicted molar refractivity (Wildman–Crippen MR) is 237 cm³/mol. The zero-order valence-electron chi connectivity index (χ0n) is 38.4. The maximum absolute atomic E-state index is 8.58. The fraction of sp³-hybridized carbons (Fsp3) is 0.778. The average Bonchev–Trinajstić information content (AvgIpc) is 3.31. The molecule has 0 heterocycles. The van der Waals surface area contributed by atoms with Gasteiger partial charge in [0.05, 0.1) is 198 Å². The molecule has 360 valence electrons. The van der Waals surface area contributed by atoms with Crippen LogP contribution in [0.4, 0.5) is 0 Å². The van der Waals surface area contributed by atoms with Crippen molar-refractivity contribution in [3.63, 3.8) is 0 Å². The van der Waals surface area contributed by atoms with E-state index < -0.39 is 0 Å². The van der Waals surface area contributed by atoms with Crippen LogP contribution in [-0.4, -0.2) is 210 Å². The molecule has 2 aromatic carbocycles. The van der Waals surface area contributed by atoms with Gasteiger partial charge in [0.25, 0.3) is 0 Å². The van der Waals surface area contributed by atoms with E-state index in [1.807, 2.05) is 27.7 Å². The van der Waals surface area contributed by atoms with E-state index in [1.54, 1.807) is 7.11 Å². The zero-order valence-corrected chi connectivity index (χ0v) is 38.4. The van der Waals surface area contributed by atoms with Gasteiger partial charge in [0.2, 0.25) is 0 Å².